The molecule has 5 rings (SSSR count). The normalized spacial score (nSPS) is 19.7. The van der Waals surface area contributed by atoms with Crippen LogP contribution in [0.2, 0.25) is 0 Å². The highest BCUT2D eigenvalue weighted by atomic mass is 16.6. The molecule has 0 bridgehead atoms. The van der Waals surface area contributed by atoms with Crippen LogP contribution in [0.4, 0.5) is 4.79 Å². The Labute approximate surface area is 293 Å². The summed E-state index contributed by atoms with van der Waals surface area (Å²) in [6.07, 6.45) is 0.255. The zero-order valence-corrected chi connectivity index (χ0v) is 30.1. The first-order valence-corrected chi connectivity index (χ1v) is 17.8. The molecule has 4 aromatic carbocycles. The summed E-state index contributed by atoms with van der Waals surface area (Å²) in [4.78, 5) is 18.0. The molecule has 0 saturated carbocycles. The number of likely N-dealkylation sites (tertiary alicyclic amines) is 1. The number of fused-ring (bicyclic) bond motifs is 1. The van der Waals surface area contributed by atoms with Crippen LogP contribution in [0.25, 0.3) is 10.8 Å². The first-order valence-electron chi connectivity index (χ1n) is 17.8. The van der Waals surface area contributed by atoms with Crippen LogP contribution < -0.4 is 4.74 Å². The van der Waals surface area contributed by atoms with Crippen molar-refractivity contribution in [2.24, 2.45) is 0 Å². The minimum atomic E-state index is -0.594. The van der Waals surface area contributed by atoms with Gasteiger partial charge in [-0.05, 0) is 86.4 Å². The quantitative estimate of drug-likeness (QED) is 0.125. The van der Waals surface area contributed by atoms with Crippen molar-refractivity contribution in [1.29, 1.82) is 0 Å². The van der Waals surface area contributed by atoms with Crippen LogP contribution >= 0.6 is 0 Å². The molecule has 7 nitrogen and oxygen atoms in total. The molecule has 1 amide bonds. The predicted molar refractivity (Wildman–Crippen MR) is 197 cm³/mol. The number of piperidine rings is 1. The molecule has 0 aliphatic carbocycles. The molecule has 4 aromatic rings. The van der Waals surface area contributed by atoms with Crippen molar-refractivity contribution < 1.29 is 23.7 Å². The zero-order valence-electron chi connectivity index (χ0n) is 30.1. The van der Waals surface area contributed by atoms with Crippen LogP contribution in [0.3, 0.4) is 0 Å². The van der Waals surface area contributed by atoms with Gasteiger partial charge < -0.3 is 23.8 Å². The van der Waals surface area contributed by atoms with E-state index in [2.05, 4.69) is 105 Å². The summed E-state index contributed by atoms with van der Waals surface area (Å²) in [7, 11) is 0. The Morgan fingerprint density at radius 1 is 0.816 bits per heavy atom. The Bertz CT molecular complexity index is 1600. The summed E-state index contributed by atoms with van der Waals surface area (Å²) in [6.45, 7) is 16.7. The summed E-state index contributed by atoms with van der Waals surface area (Å²) in [5.41, 5.74) is 2.86. The van der Waals surface area contributed by atoms with E-state index < -0.39 is 5.60 Å². The lowest BCUT2D eigenvalue weighted by molar-refractivity contribution is -0.0808. The van der Waals surface area contributed by atoms with Crippen molar-refractivity contribution in [1.82, 2.24) is 9.80 Å². The van der Waals surface area contributed by atoms with E-state index in [0.717, 1.165) is 30.8 Å². The molecule has 1 heterocycles. The maximum atomic E-state index is 13.7. The summed E-state index contributed by atoms with van der Waals surface area (Å²) >= 11 is 0. The van der Waals surface area contributed by atoms with Gasteiger partial charge in [0.1, 0.15) is 11.4 Å². The molecule has 49 heavy (non-hydrogen) atoms. The maximum absolute atomic E-state index is 13.7. The summed E-state index contributed by atoms with van der Waals surface area (Å²) < 4.78 is 24.7. The minimum absolute atomic E-state index is 0.0198. The van der Waals surface area contributed by atoms with Crippen LogP contribution in [0.1, 0.15) is 70.6 Å². The molecule has 0 spiro atoms. The van der Waals surface area contributed by atoms with Crippen LogP contribution in [0.5, 0.6) is 5.75 Å². The van der Waals surface area contributed by atoms with Gasteiger partial charge in [-0.25, -0.2) is 4.79 Å². The number of carbonyl (C=O) groups excluding carboxylic acids is 1. The SMILES string of the molecule is CCN(CC)C1C(c2ccc(OCCCOCc3ccccc3)cc2)C(OCc2ccc3ccccc3c2)CN(C(=O)OC(C)(C)C)C1C. The van der Waals surface area contributed by atoms with E-state index in [9.17, 15) is 4.79 Å². The first-order chi connectivity index (χ1) is 23.7. The second-order valence-electron chi connectivity index (χ2n) is 14.0. The standard InChI is InChI=1S/C42H54N2O5/c1-7-43(8-2)40-31(3)44(41(45)49-42(4,5)6)28-38(48-30-33-19-20-34-17-12-13-18-36(34)27-33)39(40)35-21-23-37(24-22-35)47-26-14-25-46-29-32-15-10-9-11-16-32/h9-13,15-24,27,31,38-40H,7-8,14,25-26,28-30H2,1-6H3. The fourth-order valence-corrected chi connectivity index (χ4v) is 6.92. The third-order valence-corrected chi connectivity index (χ3v) is 9.35. The van der Waals surface area contributed by atoms with Crippen LogP contribution in [0, 0.1) is 0 Å². The Balaban J connectivity index is 1.34. The molecule has 4 atom stereocenters. The third-order valence-electron chi connectivity index (χ3n) is 9.35. The highest BCUT2D eigenvalue weighted by Crippen LogP contribution is 2.39. The van der Waals surface area contributed by atoms with Crippen LogP contribution in [0.15, 0.2) is 97.1 Å². The van der Waals surface area contributed by atoms with Gasteiger partial charge in [0.15, 0.2) is 0 Å². The van der Waals surface area contributed by atoms with Crippen molar-refractivity contribution in [3.05, 3.63) is 114 Å². The Morgan fingerprint density at radius 2 is 1.51 bits per heavy atom. The molecule has 1 fully saturated rings. The van der Waals surface area contributed by atoms with E-state index in [0.29, 0.717) is 33.0 Å². The van der Waals surface area contributed by atoms with Crippen LogP contribution in [-0.2, 0) is 27.4 Å². The lowest BCUT2D eigenvalue weighted by Gasteiger charge is -2.51. The van der Waals surface area contributed by atoms with E-state index in [1.807, 2.05) is 43.9 Å². The molecule has 1 aliphatic rings. The monoisotopic (exact) mass is 666 g/mol. The van der Waals surface area contributed by atoms with E-state index >= 15 is 0 Å². The van der Waals surface area contributed by atoms with Gasteiger partial charge in [-0.15, -0.1) is 0 Å². The lowest BCUT2D eigenvalue weighted by Crippen LogP contribution is -2.64. The smallest absolute Gasteiger partial charge is 0.410 e. The zero-order chi connectivity index (χ0) is 34.8. The molecule has 0 radical (unpaired) electrons. The number of benzene rings is 4. The molecule has 1 saturated heterocycles. The number of carbonyl (C=O) groups is 1. The number of hydrogen-bond acceptors (Lipinski definition) is 6. The van der Waals surface area contributed by atoms with Gasteiger partial charge in [0.2, 0.25) is 0 Å². The summed E-state index contributed by atoms with van der Waals surface area (Å²) in [6, 6.07) is 33.5. The fourth-order valence-electron chi connectivity index (χ4n) is 6.92. The van der Waals surface area contributed by atoms with Gasteiger partial charge >= 0.3 is 6.09 Å². The summed E-state index contributed by atoms with van der Waals surface area (Å²) in [5, 5.41) is 2.39. The number of ether oxygens (including phenoxy) is 4. The minimum Gasteiger partial charge on any atom is -0.494 e. The van der Waals surface area contributed by atoms with Crippen molar-refractivity contribution in [3.63, 3.8) is 0 Å². The summed E-state index contributed by atoms with van der Waals surface area (Å²) in [5.74, 6) is 0.855. The van der Waals surface area contributed by atoms with Crippen molar-refractivity contribution >= 4 is 16.9 Å². The number of nitrogens with zero attached hydrogens (tertiary/aromatic N) is 2. The average molecular weight is 667 g/mol. The van der Waals surface area contributed by atoms with Gasteiger partial charge in [-0.2, -0.15) is 0 Å². The number of hydrogen-bond donors (Lipinski definition) is 0. The maximum Gasteiger partial charge on any atom is 0.410 e. The molecule has 7 heteroatoms. The largest absolute Gasteiger partial charge is 0.494 e. The first kappa shape index (κ1) is 36.4. The van der Waals surface area contributed by atoms with E-state index in [-0.39, 0.29) is 30.2 Å². The molecule has 1 aliphatic heterocycles. The van der Waals surface area contributed by atoms with E-state index in [4.69, 9.17) is 18.9 Å². The second kappa shape index (κ2) is 17.1. The van der Waals surface area contributed by atoms with Gasteiger partial charge in [0.25, 0.3) is 0 Å². The molecule has 262 valence electrons. The van der Waals surface area contributed by atoms with Crippen molar-refractivity contribution in [3.8, 4) is 5.75 Å². The molecular weight excluding hydrogens is 612 g/mol. The Kier molecular flexibility index (Phi) is 12.7. The van der Waals surface area contributed by atoms with Gasteiger partial charge in [0, 0.05) is 24.4 Å². The molecule has 0 aromatic heterocycles. The van der Waals surface area contributed by atoms with Gasteiger partial charge in [-0.1, -0.05) is 92.7 Å². The van der Waals surface area contributed by atoms with Gasteiger partial charge in [-0.3, -0.25) is 4.90 Å². The van der Waals surface area contributed by atoms with Crippen molar-refractivity contribution in [2.75, 3.05) is 32.8 Å². The van der Waals surface area contributed by atoms with Crippen LogP contribution in [-0.4, -0.2) is 72.5 Å². The average Bonchev–Trinajstić information content (AvgIpc) is 3.10. The fraction of sp³-hybridized carbons (Fsp3) is 0.452. The topological polar surface area (TPSA) is 60.5 Å². The highest BCUT2D eigenvalue weighted by Gasteiger charge is 2.47. The Hall–Kier alpha value is -3.91. The number of rotatable bonds is 14. The van der Waals surface area contributed by atoms with E-state index in [1.54, 1.807) is 0 Å². The highest BCUT2D eigenvalue weighted by molar-refractivity contribution is 5.82. The third kappa shape index (κ3) is 9.84. The van der Waals surface area contributed by atoms with Gasteiger partial charge in [0.05, 0.1) is 39.1 Å². The predicted octanol–water partition coefficient (Wildman–Crippen LogP) is 8.84. The number of likely N-dealkylation sites (N-methyl/N-ethyl adjacent to an activating group) is 1. The molecular formula is C42H54N2O5. The van der Waals surface area contributed by atoms with Crippen molar-refractivity contribution in [2.45, 2.75) is 90.9 Å². The second-order valence-corrected chi connectivity index (χ2v) is 14.0. The number of amides is 1. The lowest BCUT2D eigenvalue weighted by atomic mass is 9.78. The Morgan fingerprint density at radius 3 is 2.20 bits per heavy atom. The van der Waals surface area contributed by atoms with E-state index in [1.165, 1.54) is 21.9 Å². The molecule has 4 unspecified atom stereocenters. The molecule has 0 N–H and O–H groups in total.